The van der Waals surface area contributed by atoms with Crippen LogP contribution in [-0.4, -0.2) is 37.6 Å². The molecule has 1 atom stereocenters. The summed E-state index contributed by atoms with van der Waals surface area (Å²) in [5.41, 5.74) is 0. The van der Waals surface area contributed by atoms with Crippen LogP contribution in [0.1, 0.15) is 33.6 Å². The summed E-state index contributed by atoms with van der Waals surface area (Å²) in [4.78, 5) is 2.54. The van der Waals surface area contributed by atoms with E-state index in [1.54, 1.807) is 0 Å². The van der Waals surface area contributed by atoms with Crippen LogP contribution in [0.25, 0.3) is 0 Å². The van der Waals surface area contributed by atoms with Gasteiger partial charge in [-0.25, -0.2) is 0 Å². The van der Waals surface area contributed by atoms with Crippen LogP contribution >= 0.6 is 0 Å². The van der Waals surface area contributed by atoms with Crippen LogP contribution in [0.15, 0.2) is 0 Å². The zero-order valence-electron chi connectivity index (χ0n) is 9.06. The molecule has 1 unspecified atom stereocenters. The van der Waals surface area contributed by atoms with E-state index >= 15 is 0 Å². The first-order valence-corrected chi connectivity index (χ1v) is 5.14. The highest BCUT2D eigenvalue weighted by molar-refractivity contribution is 4.64. The third-order valence-corrected chi connectivity index (χ3v) is 2.49. The molecule has 0 aliphatic carbocycles. The number of nitrogens with one attached hydrogen (secondary N) is 1. The van der Waals surface area contributed by atoms with Crippen molar-refractivity contribution in [3.63, 3.8) is 0 Å². The Kier molecular flexibility index (Phi) is 7.51. The Hall–Kier alpha value is -0.0800. The molecular weight excluding hydrogens is 148 g/mol. The molecule has 0 spiro atoms. The Morgan fingerprint density at radius 2 is 2.00 bits per heavy atom. The smallest absolute Gasteiger partial charge is 0.00641 e. The first-order chi connectivity index (χ1) is 5.76. The molecule has 0 heterocycles. The number of rotatable bonds is 7. The van der Waals surface area contributed by atoms with Crippen molar-refractivity contribution in [2.24, 2.45) is 0 Å². The fraction of sp³-hybridized carbons (Fsp3) is 1.00. The molecule has 0 radical (unpaired) electrons. The molecule has 0 amide bonds. The molecule has 0 saturated carbocycles. The molecule has 1 N–H and O–H groups in total. The van der Waals surface area contributed by atoms with Gasteiger partial charge in [0, 0.05) is 6.04 Å². The van der Waals surface area contributed by atoms with Gasteiger partial charge in [-0.15, -0.1) is 0 Å². The summed E-state index contributed by atoms with van der Waals surface area (Å²) in [6.07, 6.45) is 2.52. The molecule has 0 aromatic carbocycles. The maximum absolute atomic E-state index is 3.18. The Morgan fingerprint density at radius 1 is 1.33 bits per heavy atom. The summed E-state index contributed by atoms with van der Waals surface area (Å²) in [5.74, 6) is 0. The topological polar surface area (TPSA) is 15.3 Å². The first-order valence-electron chi connectivity index (χ1n) is 5.14. The van der Waals surface area contributed by atoms with Crippen LogP contribution in [0.4, 0.5) is 0 Å². The lowest BCUT2D eigenvalue weighted by Crippen LogP contribution is -2.34. The van der Waals surface area contributed by atoms with Crippen LogP contribution in [0.5, 0.6) is 0 Å². The van der Waals surface area contributed by atoms with Gasteiger partial charge in [-0.1, -0.05) is 13.8 Å². The predicted octanol–water partition coefficient (Wildman–Crippen LogP) is 1.72. The zero-order chi connectivity index (χ0) is 9.40. The molecule has 0 aliphatic rings. The van der Waals surface area contributed by atoms with E-state index in [-0.39, 0.29) is 0 Å². The number of hydrogen-bond acceptors (Lipinski definition) is 2. The average molecular weight is 172 g/mol. The SMILES string of the molecule is CCC(C)N(CC)CCCNC. The second kappa shape index (κ2) is 7.56. The van der Waals surface area contributed by atoms with E-state index in [0.29, 0.717) is 0 Å². The molecule has 0 bridgehead atoms. The van der Waals surface area contributed by atoms with Crippen LogP contribution in [0.3, 0.4) is 0 Å². The van der Waals surface area contributed by atoms with Crippen molar-refractivity contribution < 1.29 is 0 Å². The molecule has 0 rings (SSSR count). The molecule has 12 heavy (non-hydrogen) atoms. The standard InChI is InChI=1S/C10H24N2/c1-5-10(3)12(6-2)9-7-8-11-4/h10-11H,5-9H2,1-4H3. The van der Waals surface area contributed by atoms with E-state index < -0.39 is 0 Å². The van der Waals surface area contributed by atoms with Gasteiger partial charge in [0.25, 0.3) is 0 Å². The number of nitrogens with zero attached hydrogens (tertiary/aromatic N) is 1. The molecule has 0 saturated heterocycles. The lowest BCUT2D eigenvalue weighted by molar-refractivity contribution is 0.212. The van der Waals surface area contributed by atoms with Crippen LogP contribution < -0.4 is 5.32 Å². The van der Waals surface area contributed by atoms with Crippen LogP contribution in [-0.2, 0) is 0 Å². The highest BCUT2D eigenvalue weighted by Crippen LogP contribution is 2.02. The van der Waals surface area contributed by atoms with E-state index in [2.05, 4.69) is 31.0 Å². The van der Waals surface area contributed by atoms with Gasteiger partial charge in [-0.2, -0.15) is 0 Å². The van der Waals surface area contributed by atoms with Gasteiger partial charge in [-0.05, 0) is 46.4 Å². The van der Waals surface area contributed by atoms with Crippen LogP contribution in [0.2, 0.25) is 0 Å². The summed E-state index contributed by atoms with van der Waals surface area (Å²) >= 11 is 0. The second-order valence-electron chi connectivity index (χ2n) is 3.34. The van der Waals surface area contributed by atoms with Gasteiger partial charge in [0.15, 0.2) is 0 Å². The monoisotopic (exact) mass is 172 g/mol. The van der Waals surface area contributed by atoms with Gasteiger partial charge in [0.1, 0.15) is 0 Å². The van der Waals surface area contributed by atoms with Crippen molar-refractivity contribution in [1.29, 1.82) is 0 Å². The molecule has 74 valence electrons. The Labute approximate surface area is 77.3 Å². The highest BCUT2D eigenvalue weighted by Gasteiger charge is 2.07. The molecule has 2 nitrogen and oxygen atoms in total. The summed E-state index contributed by atoms with van der Waals surface area (Å²) in [5, 5.41) is 3.18. The van der Waals surface area contributed by atoms with Crippen molar-refractivity contribution in [3.8, 4) is 0 Å². The fourth-order valence-electron chi connectivity index (χ4n) is 1.41. The van der Waals surface area contributed by atoms with E-state index in [9.17, 15) is 0 Å². The van der Waals surface area contributed by atoms with E-state index in [0.717, 1.165) is 12.6 Å². The Balaban J connectivity index is 3.52. The minimum Gasteiger partial charge on any atom is -0.320 e. The van der Waals surface area contributed by atoms with Gasteiger partial charge in [0.05, 0.1) is 0 Å². The normalized spacial score (nSPS) is 13.8. The molecule has 0 fully saturated rings. The third kappa shape index (κ3) is 4.73. The number of hydrogen-bond donors (Lipinski definition) is 1. The first kappa shape index (κ1) is 11.9. The minimum atomic E-state index is 0.742. The quantitative estimate of drug-likeness (QED) is 0.588. The van der Waals surface area contributed by atoms with Gasteiger partial charge in [-0.3, -0.25) is 0 Å². The van der Waals surface area contributed by atoms with Crippen molar-refractivity contribution in [1.82, 2.24) is 10.2 Å². The van der Waals surface area contributed by atoms with E-state index in [4.69, 9.17) is 0 Å². The summed E-state index contributed by atoms with van der Waals surface area (Å²) in [6.45, 7) is 10.3. The molecule has 0 aliphatic heterocycles. The fourth-order valence-corrected chi connectivity index (χ4v) is 1.41. The van der Waals surface area contributed by atoms with E-state index in [1.165, 1.54) is 25.9 Å². The van der Waals surface area contributed by atoms with Gasteiger partial charge in [0.2, 0.25) is 0 Å². The van der Waals surface area contributed by atoms with Gasteiger partial charge < -0.3 is 10.2 Å². The summed E-state index contributed by atoms with van der Waals surface area (Å²) in [7, 11) is 2.01. The van der Waals surface area contributed by atoms with Crippen molar-refractivity contribution >= 4 is 0 Å². The largest absolute Gasteiger partial charge is 0.320 e. The lowest BCUT2D eigenvalue weighted by Gasteiger charge is -2.26. The van der Waals surface area contributed by atoms with Crippen LogP contribution in [0, 0.1) is 0 Å². The second-order valence-corrected chi connectivity index (χ2v) is 3.34. The Morgan fingerprint density at radius 3 is 2.42 bits per heavy atom. The third-order valence-electron chi connectivity index (χ3n) is 2.49. The maximum Gasteiger partial charge on any atom is 0.00641 e. The molecule has 2 heteroatoms. The molecule has 0 aromatic rings. The lowest BCUT2D eigenvalue weighted by atomic mass is 10.2. The van der Waals surface area contributed by atoms with Crippen molar-refractivity contribution in [2.75, 3.05) is 26.7 Å². The van der Waals surface area contributed by atoms with Gasteiger partial charge >= 0.3 is 0 Å². The summed E-state index contributed by atoms with van der Waals surface area (Å²) < 4.78 is 0. The predicted molar refractivity (Wildman–Crippen MR) is 55.5 cm³/mol. The molecule has 0 aromatic heterocycles. The van der Waals surface area contributed by atoms with E-state index in [1.807, 2.05) is 7.05 Å². The maximum atomic E-state index is 3.18. The van der Waals surface area contributed by atoms with Crippen molar-refractivity contribution in [2.45, 2.75) is 39.7 Å². The average Bonchev–Trinajstić information content (AvgIpc) is 2.11. The van der Waals surface area contributed by atoms with Crippen molar-refractivity contribution in [3.05, 3.63) is 0 Å². The Bertz CT molecular complexity index is 93.8. The minimum absolute atomic E-state index is 0.742. The molecular formula is C10H24N2. The highest BCUT2D eigenvalue weighted by atomic mass is 15.1. The zero-order valence-corrected chi connectivity index (χ0v) is 9.06. The summed E-state index contributed by atoms with van der Waals surface area (Å²) in [6, 6.07) is 0.742.